The minimum atomic E-state index is 0.741. The van der Waals surface area contributed by atoms with E-state index in [4.69, 9.17) is 0 Å². The van der Waals surface area contributed by atoms with Crippen LogP contribution in [0.1, 0.15) is 58.8 Å². The SMILES string of the molecule is CC(NC1CC1)C(C)C1CCCCC1. The number of rotatable bonds is 4. The van der Waals surface area contributed by atoms with Gasteiger partial charge in [0.15, 0.2) is 0 Å². The summed E-state index contributed by atoms with van der Waals surface area (Å²) in [6, 6.07) is 1.61. The second-order valence-corrected chi connectivity index (χ2v) is 5.49. The lowest BCUT2D eigenvalue weighted by Gasteiger charge is -2.32. The molecule has 0 aliphatic heterocycles. The molecule has 1 heteroatoms. The summed E-state index contributed by atoms with van der Waals surface area (Å²) < 4.78 is 0. The van der Waals surface area contributed by atoms with Crippen molar-refractivity contribution >= 4 is 0 Å². The van der Waals surface area contributed by atoms with Gasteiger partial charge in [0, 0.05) is 12.1 Å². The van der Waals surface area contributed by atoms with Crippen molar-refractivity contribution in [2.75, 3.05) is 0 Å². The van der Waals surface area contributed by atoms with Gasteiger partial charge in [0.05, 0.1) is 0 Å². The molecule has 2 fully saturated rings. The van der Waals surface area contributed by atoms with Crippen LogP contribution in [-0.4, -0.2) is 12.1 Å². The fourth-order valence-corrected chi connectivity index (χ4v) is 2.84. The quantitative estimate of drug-likeness (QED) is 0.725. The molecule has 0 heterocycles. The lowest BCUT2D eigenvalue weighted by Crippen LogP contribution is -2.37. The highest BCUT2D eigenvalue weighted by Gasteiger charge is 2.29. The molecule has 1 N–H and O–H groups in total. The smallest absolute Gasteiger partial charge is 0.00708 e. The molecule has 2 saturated carbocycles. The highest BCUT2D eigenvalue weighted by atomic mass is 15.0. The van der Waals surface area contributed by atoms with Crippen molar-refractivity contribution in [2.24, 2.45) is 11.8 Å². The molecule has 0 aromatic carbocycles. The van der Waals surface area contributed by atoms with Gasteiger partial charge < -0.3 is 5.32 Å². The van der Waals surface area contributed by atoms with Crippen LogP contribution in [-0.2, 0) is 0 Å². The van der Waals surface area contributed by atoms with Gasteiger partial charge in [-0.1, -0.05) is 39.0 Å². The van der Waals surface area contributed by atoms with Crippen LogP contribution in [0.3, 0.4) is 0 Å². The molecule has 2 unspecified atom stereocenters. The Morgan fingerprint density at radius 1 is 0.929 bits per heavy atom. The summed E-state index contributed by atoms with van der Waals surface area (Å²) in [7, 11) is 0. The van der Waals surface area contributed by atoms with E-state index in [1.54, 1.807) is 0 Å². The van der Waals surface area contributed by atoms with Crippen molar-refractivity contribution in [3.05, 3.63) is 0 Å². The van der Waals surface area contributed by atoms with Crippen LogP contribution in [0.25, 0.3) is 0 Å². The van der Waals surface area contributed by atoms with Crippen LogP contribution < -0.4 is 5.32 Å². The first kappa shape index (κ1) is 10.5. The molecule has 0 saturated heterocycles. The van der Waals surface area contributed by atoms with Crippen molar-refractivity contribution < 1.29 is 0 Å². The Balaban J connectivity index is 1.75. The van der Waals surface area contributed by atoms with Crippen molar-refractivity contribution in [1.82, 2.24) is 5.32 Å². The fraction of sp³-hybridized carbons (Fsp3) is 1.00. The molecule has 2 aliphatic rings. The summed E-state index contributed by atoms with van der Waals surface area (Å²) in [6.45, 7) is 4.84. The molecule has 0 aromatic heterocycles. The summed E-state index contributed by atoms with van der Waals surface area (Å²) >= 11 is 0. The summed E-state index contributed by atoms with van der Waals surface area (Å²) in [5.74, 6) is 1.89. The zero-order valence-electron chi connectivity index (χ0n) is 9.76. The van der Waals surface area contributed by atoms with Crippen LogP contribution in [0.2, 0.25) is 0 Å². The number of hydrogen-bond acceptors (Lipinski definition) is 1. The maximum absolute atomic E-state index is 3.75. The van der Waals surface area contributed by atoms with Gasteiger partial charge in [-0.2, -0.15) is 0 Å². The monoisotopic (exact) mass is 195 g/mol. The van der Waals surface area contributed by atoms with Gasteiger partial charge in [0.1, 0.15) is 0 Å². The van der Waals surface area contributed by atoms with Gasteiger partial charge in [-0.05, 0) is 31.6 Å². The molecule has 2 atom stereocenters. The lowest BCUT2D eigenvalue weighted by atomic mass is 9.78. The second kappa shape index (κ2) is 4.65. The molecule has 0 radical (unpaired) electrons. The fourth-order valence-electron chi connectivity index (χ4n) is 2.84. The van der Waals surface area contributed by atoms with E-state index in [2.05, 4.69) is 19.2 Å². The van der Waals surface area contributed by atoms with Gasteiger partial charge in [-0.3, -0.25) is 0 Å². The highest BCUT2D eigenvalue weighted by Crippen LogP contribution is 2.32. The lowest BCUT2D eigenvalue weighted by molar-refractivity contribution is 0.218. The van der Waals surface area contributed by atoms with Gasteiger partial charge in [0.25, 0.3) is 0 Å². The minimum absolute atomic E-state index is 0.741. The Labute approximate surface area is 88.7 Å². The van der Waals surface area contributed by atoms with Crippen molar-refractivity contribution in [1.29, 1.82) is 0 Å². The van der Waals surface area contributed by atoms with E-state index in [1.807, 2.05) is 0 Å². The molecule has 0 amide bonds. The van der Waals surface area contributed by atoms with Gasteiger partial charge in [-0.25, -0.2) is 0 Å². The van der Waals surface area contributed by atoms with E-state index < -0.39 is 0 Å². The molecule has 0 bridgehead atoms. The standard InChI is InChI=1S/C13H25N/c1-10(11(2)14-13-8-9-13)12-6-4-3-5-7-12/h10-14H,3-9H2,1-2H3. The van der Waals surface area contributed by atoms with E-state index >= 15 is 0 Å². The largest absolute Gasteiger partial charge is 0.311 e. The van der Waals surface area contributed by atoms with Crippen LogP contribution in [0, 0.1) is 11.8 Å². The van der Waals surface area contributed by atoms with Gasteiger partial charge in [0.2, 0.25) is 0 Å². The summed E-state index contributed by atoms with van der Waals surface area (Å²) in [6.07, 6.45) is 10.2. The van der Waals surface area contributed by atoms with Crippen LogP contribution in [0.5, 0.6) is 0 Å². The average Bonchev–Trinajstić information content (AvgIpc) is 3.02. The van der Waals surface area contributed by atoms with Crippen LogP contribution >= 0.6 is 0 Å². The van der Waals surface area contributed by atoms with Crippen molar-refractivity contribution in [2.45, 2.75) is 70.9 Å². The molecule has 1 nitrogen and oxygen atoms in total. The summed E-state index contributed by atoms with van der Waals surface area (Å²) in [5.41, 5.74) is 0. The van der Waals surface area contributed by atoms with E-state index in [0.717, 1.165) is 23.9 Å². The Kier molecular flexibility index (Phi) is 3.48. The van der Waals surface area contributed by atoms with E-state index in [1.165, 1.54) is 44.9 Å². The minimum Gasteiger partial charge on any atom is -0.311 e. The van der Waals surface area contributed by atoms with E-state index in [9.17, 15) is 0 Å². The Morgan fingerprint density at radius 2 is 1.57 bits per heavy atom. The van der Waals surface area contributed by atoms with Crippen molar-refractivity contribution in [3.8, 4) is 0 Å². The maximum Gasteiger partial charge on any atom is 0.00708 e. The van der Waals surface area contributed by atoms with E-state index in [-0.39, 0.29) is 0 Å². The first-order valence-electron chi connectivity index (χ1n) is 6.53. The van der Waals surface area contributed by atoms with Gasteiger partial charge in [-0.15, -0.1) is 0 Å². The third-order valence-electron chi connectivity index (χ3n) is 4.26. The third-order valence-corrected chi connectivity index (χ3v) is 4.26. The molecule has 82 valence electrons. The normalized spacial score (nSPS) is 28.7. The maximum atomic E-state index is 3.75. The third kappa shape index (κ3) is 2.73. The molecule has 0 spiro atoms. The molecule has 0 aromatic rings. The molecule has 14 heavy (non-hydrogen) atoms. The average molecular weight is 195 g/mol. The molecular weight excluding hydrogens is 170 g/mol. The Hall–Kier alpha value is -0.0400. The van der Waals surface area contributed by atoms with Crippen molar-refractivity contribution in [3.63, 3.8) is 0 Å². The number of hydrogen-bond donors (Lipinski definition) is 1. The summed E-state index contributed by atoms with van der Waals surface area (Å²) in [4.78, 5) is 0. The zero-order valence-corrected chi connectivity index (χ0v) is 9.76. The first-order valence-corrected chi connectivity index (χ1v) is 6.53. The second-order valence-electron chi connectivity index (χ2n) is 5.49. The number of nitrogens with one attached hydrogen (secondary N) is 1. The molecular formula is C13H25N. The van der Waals surface area contributed by atoms with Crippen LogP contribution in [0.4, 0.5) is 0 Å². The Bertz CT molecular complexity index is 168. The van der Waals surface area contributed by atoms with E-state index in [0.29, 0.717) is 0 Å². The predicted molar refractivity (Wildman–Crippen MR) is 61.4 cm³/mol. The highest BCUT2D eigenvalue weighted by molar-refractivity contribution is 4.87. The summed E-state index contributed by atoms with van der Waals surface area (Å²) in [5, 5.41) is 3.75. The predicted octanol–water partition coefficient (Wildman–Crippen LogP) is 3.34. The molecule has 2 rings (SSSR count). The topological polar surface area (TPSA) is 12.0 Å². The zero-order chi connectivity index (χ0) is 9.97. The Morgan fingerprint density at radius 3 is 2.14 bits per heavy atom. The van der Waals surface area contributed by atoms with Crippen LogP contribution in [0.15, 0.2) is 0 Å². The molecule has 2 aliphatic carbocycles. The first-order chi connectivity index (χ1) is 6.77. The van der Waals surface area contributed by atoms with Gasteiger partial charge >= 0.3 is 0 Å².